The standard InChI is InChI=1S/C16H27N3O3S/c1-11(12(2)17)15(20)18-10-13-8-6-7-9-14(13)23(21,22)19-16(3,4)5/h6-9,11-12,19H,10,17H2,1-5H3,(H,18,20). The van der Waals surface area contributed by atoms with Gasteiger partial charge in [-0.15, -0.1) is 0 Å². The van der Waals surface area contributed by atoms with Gasteiger partial charge in [-0.2, -0.15) is 0 Å². The van der Waals surface area contributed by atoms with Gasteiger partial charge in [0.2, 0.25) is 15.9 Å². The van der Waals surface area contributed by atoms with E-state index in [9.17, 15) is 13.2 Å². The van der Waals surface area contributed by atoms with Crippen LogP contribution in [0.15, 0.2) is 29.2 Å². The Bertz CT molecular complexity index is 649. The van der Waals surface area contributed by atoms with Crippen LogP contribution in [0.25, 0.3) is 0 Å². The first-order valence-electron chi connectivity index (χ1n) is 7.59. The number of nitrogens with two attached hydrogens (primary N) is 1. The molecule has 0 saturated carbocycles. The summed E-state index contributed by atoms with van der Waals surface area (Å²) in [7, 11) is -3.66. The second-order valence-corrected chi connectivity index (χ2v) is 8.48. The Hall–Kier alpha value is -1.44. The van der Waals surface area contributed by atoms with Gasteiger partial charge in [0.1, 0.15) is 0 Å². The van der Waals surface area contributed by atoms with Gasteiger partial charge < -0.3 is 11.1 Å². The Morgan fingerprint density at radius 1 is 1.22 bits per heavy atom. The molecule has 2 unspecified atom stereocenters. The van der Waals surface area contributed by atoms with E-state index >= 15 is 0 Å². The minimum Gasteiger partial charge on any atom is -0.352 e. The van der Waals surface area contributed by atoms with Crippen LogP contribution in [0.3, 0.4) is 0 Å². The molecule has 6 nitrogen and oxygen atoms in total. The highest BCUT2D eigenvalue weighted by Gasteiger charge is 2.24. The van der Waals surface area contributed by atoms with Crippen molar-refractivity contribution in [2.75, 3.05) is 0 Å². The van der Waals surface area contributed by atoms with Gasteiger partial charge in [-0.05, 0) is 39.3 Å². The van der Waals surface area contributed by atoms with Crippen molar-refractivity contribution in [2.45, 2.75) is 57.6 Å². The lowest BCUT2D eigenvalue weighted by Crippen LogP contribution is -2.41. The first-order valence-corrected chi connectivity index (χ1v) is 9.07. The quantitative estimate of drug-likeness (QED) is 0.727. The minimum absolute atomic E-state index is 0.136. The van der Waals surface area contributed by atoms with E-state index in [0.717, 1.165) is 0 Å². The van der Waals surface area contributed by atoms with Gasteiger partial charge in [-0.1, -0.05) is 25.1 Å². The summed E-state index contributed by atoms with van der Waals surface area (Å²) in [6, 6.07) is 6.36. The molecule has 0 aliphatic carbocycles. The van der Waals surface area contributed by atoms with Gasteiger partial charge in [0.15, 0.2) is 0 Å². The summed E-state index contributed by atoms with van der Waals surface area (Å²) in [6.07, 6.45) is 0. The van der Waals surface area contributed by atoms with Gasteiger partial charge in [0, 0.05) is 24.0 Å². The summed E-state index contributed by atoms with van der Waals surface area (Å²) in [6.45, 7) is 8.97. The molecule has 0 aromatic heterocycles. The van der Waals surface area contributed by atoms with Gasteiger partial charge in [0.05, 0.1) is 4.90 Å². The highest BCUT2D eigenvalue weighted by atomic mass is 32.2. The maximum atomic E-state index is 12.5. The molecule has 0 aliphatic heterocycles. The maximum Gasteiger partial charge on any atom is 0.241 e. The molecule has 0 fully saturated rings. The number of hydrogen-bond acceptors (Lipinski definition) is 4. The lowest BCUT2D eigenvalue weighted by molar-refractivity contribution is -0.125. The van der Waals surface area contributed by atoms with E-state index in [2.05, 4.69) is 10.0 Å². The van der Waals surface area contributed by atoms with Crippen molar-refractivity contribution >= 4 is 15.9 Å². The Balaban J connectivity index is 2.97. The Labute approximate surface area is 138 Å². The summed E-state index contributed by atoms with van der Waals surface area (Å²) in [4.78, 5) is 12.2. The number of benzene rings is 1. The summed E-state index contributed by atoms with van der Waals surface area (Å²) in [5.41, 5.74) is 5.66. The number of amides is 1. The van der Waals surface area contributed by atoms with E-state index in [4.69, 9.17) is 5.73 Å². The second-order valence-electron chi connectivity index (χ2n) is 6.83. The number of nitrogens with one attached hydrogen (secondary N) is 2. The molecule has 2 atom stereocenters. The number of sulfonamides is 1. The average molecular weight is 341 g/mol. The minimum atomic E-state index is -3.66. The van der Waals surface area contributed by atoms with Crippen LogP contribution in [0.2, 0.25) is 0 Å². The number of carbonyl (C=O) groups excluding carboxylic acids is 1. The fourth-order valence-electron chi connectivity index (χ4n) is 1.95. The lowest BCUT2D eigenvalue weighted by atomic mass is 10.0. The fraction of sp³-hybridized carbons (Fsp3) is 0.562. The molecule has 0 aliphatic rings. The van der Waals surface area contributed by atoms with Crippen molar-refractivity contribution in [1.82, 2.24) is 10.0 Å². The SMILES string of the molecule is CC(N)C(C)C(=O)NCc1ccccc1S(=O)(=O)NC(C)(C)C. The number of carbonyl (C=O) groups is 1. The van der Waals surface area contributed by atoms with Gasteiger partial charge in [-0.3, -0.25) is 4.79 Å². The molecule has 0 heterocycles. The van der Waals surface area contributed by atoms with Crippen LogP contribution in [0, 0.1) is 5.92 Å². The normalized spacial score (nSPS) is 15.0. The van der Waals surface area contributed by atoms with E-state index in [-0.39, 0.29) is 29.3 Å². The van der Waals surface area contributed by atoms with Crippen molar-refractivity contribution in [1.29, 1.82) is 0 Å². The van der Waals surface area contributed by atoms with Gasteiger partial charge in [-0.25, -0.2) is 13.1 Å². The molecule has 0 spiro atoms. The van der Waals surface area contributed by atoms with Crippen molar-refractivity contribution < 1.29 is 13.2 Å². The van der Waals surface area contributed by atoms with Crippen LogP contribution in [0.1, 0.15) is 40.2 Å². The molecular formula is C16H27N3O3S. The number of hydrogen-bond donors (Lipinski definition) is 3. The molecular weight excluding hydrogens is 314 g/mol. The molecule has 1 amide bonds. The van der Waals surface area contributed by atoms with E-state index in [1.165, 1.54) is 6.07 Å². The topological polar surface area (TPSA) is 101 Å². The lowest BCUT2D eigenvalue weighted by Gasteiger charge is -2.22. The first-order chi connectivity index (χ1) is 10.4. The smallest absolute Gasteiger partial charge is 0.241 e. The molecule has 1 rings (SSSR count). The van der Waals surface area contributed by atoms with Crippen molar-refractivity contribution in [3.05, 3.63) is 29.8 Å². The van der Waals surface area contributed by atoms with Crippen LogP contribution in [0.4, 0.5) is 0 Å². The van der Waals surface area contributed by atoms with Crippen molar-refractivity contribution in [3.63, 3.8) is 0 Å². The highest BCUT2D eigenvalue weighted by molar-refractivity contribution is 7.89. The van der Waals surface area contributed by atoms with Gasteiger partial charge >= 0.3 is 0 Å². The number of rotatable bonds is 6. The van der Waals surface area contributed by atoms with Crippen LogP contribution in [-0.4, -0.2) is 25.9 Å². The predicted octanol–water partition coefficient (Wildman–Crippen LogP) is 1.36. The molecule has 1 aromatic rings. The predicted molar refractivity (Wildman–Crippen MR) is 91.2 cm³/mol. The molecule has 7 heteroatoms. The van der Waals surface area contributed by atoms with E-state index in [1.807, 2.05) is 0 Å². The van der Waals surface area contributed by atoms with E-state index in [0.29, 0.717) is 5.56 Å². The molecule has 23 heavy (non-hydrogen) atoms. The Morgan fingerprint density at radius 2 is 1.78 bits per heavy atom. The van der Waals surface area contributed by atoms with Crippen LogP contribution < -0.4 is 15.8 Å². The fourth-order valence-corrected chi connectivity index (χ4v) is 3.61. The first kappa shape index (κ1) is 19.6. The van der Waals surface area contributed by atoms with Crippen LogP contribution in [-0.2, 0) is 21.4 Å². The van der Waals surface area contributed by atoms with Crippen molar-refractivity contribution in [3.8, 4) is 0 Å². The maximum absolute atomic E-state index is 12.5. The second kappa shape index (κ2) is 7.42. The molecule has 4 N–H and O–H groups in total. The summed E-state index contributed by atoms with van der Waals surface area (Å²) < 4.78 is 27.6. The third-order valence-electron chi connectivity index (χ3n) is 3.36. The zero-order valence-electron chi connectivity index (χ0n) is 14.4. The van der Waals surface area contributed by atoms with E-state index < -0.39 is 15.6 Å². The Morgan fingerprint density at radius 3 is 2.30 bits per heavy atom. The van der Waals surface area contributed by atoms with Crippen LogP contribution in [0.5, 0.6) is 0 Å². The zero-order valence-corrected chi connectivity index (χ0v) is 15.2. The summed E-state index contributed by atoms with van der Waals surface area (Å²) >= 11 is 0. The monoisotopic (exact) mass is 341 g/mol. The summed E-state index contributed by atoms with van der Waals surface area (Å²) in [5, 5.41) is 2.74. The zero-order chi connectivity index (χ0) is 17.8. The Kier molecular flexibility index (Phi) is 6.33. The molecule has 0 bridgehead atoms. The molecule has 130 valence electrons. The van der Waals surface area contributed by atoms with Crippen molar-refractivity contribution in [2.24, 2.45) is 11.7 Å². The van der Waals surface area contributed by atoms with Crippen LogP contribution >= 0.6 is 0 Å². The third kappa shape index (κ3) is 5.93. The highest BCUT2D eigenvalue weighted by Crippen LogP contribution is 2.18. The molecule has 1 aromatic carbocycles. The van der Waals surface area contributed by atoms with E-state index in [1.54, 1.807) is 52.8 Å². The third-order valence-corrected chi connectivity index (χ3v) is 5.22. The molecule has 0 saturated heterocycles. The average Bonchev–Trinajstić information content (AvgIpc) is 2.41. The largest absolute Gasteiger partial charge is 0.352 e. The molecule has 0 radical (unpaired) electrons. The van der Waals surface area contributed by atoms with Gasteiger partial charge in [0.25, 0.3) is 0 Å². The summed E-state index contributed by atoms with van der Waals surface area (Å²) in [5.74, 6) is -0.539.